The summed E-state index contributed by atoms with van der Waals surface area (Å²) in [7, 11) is 0. The molecule has 2 aromatic carbocycles. The highest BCUT2D eigenvalue weighted by Crippen LogP contribution is 2.28. The normalized spacial score (nSPS) is 10.8. The number of benzene rings is 2. The third-order valence-corrected chi connectivity index (χ3v) is 3.28. The van der Waals surface area contributed by atoms with Crippen LogP contribution in [0.4, 0.5) is 25.8 Å². The molecule has 0 spiro atoms. The van der Waals surface area contributed by atoms with Crippen molar-refractivity contribution in [2.45, 2.75) is 6.92 Å². The number of hydrogen-bond donors (Lipinski definition) is 2. The van der Waals surface area contributed by atoms with Crippen LogP contribution in [0.15, 0.2) is 42.6 Å². The smallest absolute Gasteiger partial charge is 0.147 e. The van der Waals surface area contributed by atoms with Crippen LogP contribution in [-0.2, 0) is 0 Å². The molecule has 0 unspecified atom stereocenters. The minimum Gasteiger partial charge on any atom is -0.399 e. The first-order chi connectivity index (χ1) is 10.0. The van der Waals surface area contributed by atoms with Crippen molar-refractivity contribution in [2.24, 2.45) is 0 Å². The highest BCUT2D eigenvalue weighted by atomic mass is 19.1. The standard InChI is InChI=1S/C16H13F2N3/c1-9-6-13(18)16(8-12(9)17)21-14-4-5-20-15-7-10(19)2-3-11(14)15/h2-8H,19H2,1H3,(H,20,21). The highest BCUT2D eigenvalue weighted by molar-refractivity contribution is 5.94. The molecule has 0 aliphatic heterocycles. The second-order valence-electron chi connectivity index (χ2n) is 4.84. The summed E-state index contributed by atoms with van der Waals surface area (Å²) in [5, 5.41) is 3.69. The van der Waals surface area contributed by atoms with Crippen molar-refractivity contribution in [3.8, 4) is 0 Å². The number of nitrogens with two attached hydrogens (primary N) is 1. The molecule has 3 nitrogen and oxygen atoms in total. The second-order valence-corrected chi connectivity index (χ2v) is 4.84. The number of nitrogen functional groups attached to an aromatic ring is 1. The molecule has 0 fully saturated rings. The van der Waals surface area contributed by atoms with Gasteiger partial charge in [0.2, 0.25) is 0 Å². The van der Waals surface area contributed by atoms with Crippen molar-refractivity contribution in [3.05, 3.63) is 59.8 Å². The lowest BCUT2D eigenvalue weighted by atomic mass is 10.1. The van der Waals surface area contributed by atoms with Crippen LogP contribution in [0.3, 0.4) is 0 Å². The fourth-order valence-corrected chi connectivity index (χ4v) is 2.16. The van der Waals surface area contributed by atoms with Crippen molar-refractivity contribution < 1.29 is 8.78 Å². The summed E-state index contributed by atoms with van der Waals surface area (Å²) in [6, 6.07) is 9.28. The monoisotopic (exact) mass is 285 g/mol. The number of rotatable bonds is 2. The zero-order valence-corrected chi connectivity index (χ0v) is 11.3. The molecule has 3 aromatic rings. The molecule has 0 aliphatic rings. The number of pyridine rings is 1. The van der Waals surface area contributed by atoms with Crippen LogP contribution < -0.4 is 11.1 Å². The van der Waals surface area contributed by atoms with Gasteiger partial charge in [0.15, 0.2) is 0 Å². The summed E-state index contributed by atoms with van der Waals surface area (Å²) in [6.07, 6.45) is 1.59. The Morgan fingerprint density at radius 2 is 1.81 bits per heavy atom. The lowest BCUT2D eigenvalue weighted by Gasteiger charge is -2.11. The number of nitrogens with zero attached hydrogens (tertiary/aromatic N) is 1. The van der Waals surface area contributed by atoms with Crippen molar-refractivity contribution in [1.29, 1.82) is 0 Å². The van der Waals surface area contributed by atoms with Gasteiger partial charge in [-0.3, -0.25) is 4.98 Å². The third kappa shape index (κ3) is 2.50. The number of halogens is 2. The minimum atomic E-state index is -0.505. The number of aromatic nitrogens is 1. The summed E-state index contributed by atoms with van der Waals surface area (Å²) in [6.45, 7) is 1.52. The van der Waals surface area contributed by atoms with Gasteiger partial charge in [-0.25, -0.2) is 8.78 Å². The molecule has 3 rings (SSSR count). The maximum Gasteiger partial charge on any atom is 0.147 e. The molecule has 3 N–H and O–H groups in total. The Morgan fingerprint density at radius 3 is 2.62 bits per heavy atom. The van der Waals surface area contributed by atoms with E-state index in [4.69, 9.17) is 5.73 Å². The molecule has 0 amide bonds. The van der Waals surface area contributed by atoms with E-state index < -0.39 is 11.6 Å². The first kappa shape index (κ1) is 13.3. The van der Waals surface area contributed by atoms with Gasteiger partial charge in [-0.1, -0.05) is 0 Å². The molecule has 0 aliphatic carbocycles. The highest BCUT2D eigenvalue weighted by Gasteiger charge is 2.09. The van der Waals surface area contributed by atoms with Crippen molar-refractivity contribution >= 4 is 28.0 Å². The van der Waals surface area contributed by atoms with Crippen LogP contribution in [0, 0.1) is 18.6 Å². The minimum absolute atomic E-state index is 0.0856. The quantitative estimate of drug-likeness (QED) is 0.695. The average Bonchev–Trinajstić information content (AvgIpc) is 2.44. The Labute approximate surface area is 120 Å². The molecule has 0 saturated heterocycles. The van der Waals surface area contributed by atoms with Gasteiger partial charge in [0.05, 0.1) is 11.2 Å². The Hall–Kier alpha value is -2.69. The molecule has 21 heavy (non-hydrogen) atoms. The number of fused-ring (bicyclic) bond motifs is 1. The molecular weight excluding hydrogens is 272 g/mol. The summed E-state index contributed by atoms with van der Waals surface area (Å²) in [5.41, 5.74) is 8.00. The predicted molar refractivity (Wildman–Crippen MR) is 80.5 cm³/mol. The van der Waals surface area contributed by atoms with Crippen LogP contribution in [0.2, 0.25) is 0 Å². The van der Waals surface area contributed by atoms with Gasteiger partial charge in [-0.15, -0.1) is 0 Å². The molecular formula is C16H13F2N3. The molecule has 0 saturated carbocycles. The van der Waals surface area contributed by atoms with E-state index in [2.05, 4.69) is 10.3 Å². The number of anilines is 3. The second kappa shape index (κ2) is 5.01. The zero-order chi connectivity index (χ0) is 15.0. The van der Waals surface area contributed by atoms with Gasteiger partial charge in [0.25, 0.3) is 0 Å². The van der Waals surface area contributed by atoms with E-state index in [-0.39, 0.29) is 11.3 Å². The number of aryl methyl sites for hydroxylation is 1. The van der Waals surface area contributed by atoms with E-state index in [0.29, 0.717) is 16.9 Å². The van der Waals surface area contributed by atoms with E-state index in [1.807, 2.05) is 0 Å². The Bertz CT molecular complexity index is 831. The maximum atomic E-state index is 13.9. The van der Waals surface area contributed by atoms with E-state index in [1.54, 1.807) is 30.5 Å². The zero-order valence-electron chi connectivity index (χ0n) is 11.3. The molecule has 1 heterocycles. The fourth-order valence-electron chi connectivity index (χ4n) is 2.16. The summed E-state index contributed by atoms with van der Waals surface area (Å²) in [5.74, 6) is -0.962. The predicted octanol–water partition coefficient (Wildman–Crippen LogP) is 4.15. The van der Waals surface area contributed by atoms with Crippen LogP contribution >= 0.6 is 0 Å². The maximum absolute atomic E-state index is 13.9. The largest absolute Gasteiger partial charge is 0.399 e. The average molecular weight is 285 g/mol. The van der Waals surface area contributed by atoms with Crippen LogP contribution in [0.1, 0.15) is 5.56 Å². The van der Waals surface area contributed by atoms with Crippen molar-refractivity contribution in [3.63, 3.8) is 0 Å². The lowest BCUT2D eigenvalue weighted by molar-refractivity contribution is 0.596. The van der Waals surface area contributed by atoms with Gasteiger partial charge in [0, 0.05) is 29.0 Å². The Balaban J connectivity index is 2.08. The molecule has 0 radical (unpaired) electrons. The number of nitrogens with one attached hydrogen (secondary N) is 1. The SMILES string of the molecule is Cc1cc(F)c(Nc2ccnc3cc(N)ccc23)cc1F. The number of hydrogen-bond acceptors (Lipinski definition) is 3. The first-order valence-corrected chi connectivity index (χ1v) is 6.41. The van der Waals surface area contributed by atoms with Gasteiger partial charge >= 0.3 is 0 Å². The molecule has 0 bridgehead atoms. The van der Waals surface area contributed by atoms with Gasteiger partial charge in [-0.2, -0.15) is 0 Å². The Morgan fingerprint density at radius 1 is 1.00 bits per heavy atom. The molecule has 5 heteroatoms. The molecule has 106 valence electrons. The van der Waals surface area contributed by atoms with Crippen LogP contribution in [0.5, 0.6) is 0 Å². The lowest BCUT2D eigenvalue weighted by Crippen LogP contribution is -1.98. The Kier molecular flexibility index (Phi) is 3.17. The van der Waals surface area contributed by atoms with Crippen LogP contribution in [0.25, 0.3) is 10.9 Å². The van der Waals surface area contributed by atoms with E-state index in [9.17, 15) is 8.78 Å². The van der Waals surface area contributed by atoms with Gasteiger partial charge in [0.1, 0.15) is 11.6 Å². The first-order valence-electron chi connectivity index (χ1n) is 6.41. The van der Waals surface area contributed by atoms with Crippen LogP contribution in [-0.4, -0.2) is 4.98 Å². The fraction of sp³-hybridized carbons (Fsp3) is 0.0625. The van der Waals surface area contributed by atoms with Crippen molar-refractivity contribution in [2.75, 3.05) is 11.1 Å². The van der Waals surface area contributed by atoms with E-state index >= 15 is 0 Å². The van der Waals surface area contributed by atoms with Crippen molar-refractivity contribution in [1.82, 2.24) is 4.98 Å². The third-order valence-electron chi connectivity index (χ3n) is 3.28. The van der Waals surface area contributed by atoms with Gasteiger partial charge < -0.3 is 11.1 Å². The van der Waals surface area contributed by atoms with E-state index in [1.165, 1.54) is 13.0 Å². The van der Waals surface area contributed by atoms with E-state index in [0.717, 1.165) is 11.5 Å². The molecule has 0 atom stereocenters. The summed E-state index contributed by atoms with van der Waals surface area (Å²) < 4.78 is 27.5. The topological polar surface area (TPSA) is 50.9 Å². The van der Waals surface area contributed by atoms with Gasteiger partial charge in [-0.05, 0) is 42.8 Å². The summed E-state index contributed by atoms with van der Waals surface area (Å²) in [4.78, 5) is 4.21. The summed E-state index contributed by atoms with van der Waals surface area (Å²) >= 11 is 0. The molecule has 1 aromatic heterocycles.